The summed E-state index contributed by atoms with van der Waals surface area (Å²) in [4.78, 5) is 20.6. The highest BCUT2D eigenvalue weighted by Gasteiger charge is 2.41. The molecule has 4 nitrogen and oxygen atoms in total. The zero-order chi connectivity index (χ0) is 9.95. The van der Waals surface area contributed by atoms with Gasteiger partial charge in [0.1, 0.15) is 0 Å². The first-order valence-electron chi connectivity index (χ1n) is 4.77. The molecule has 1 heterocycles. The van der Waals surface area contributed by atoms with Gasteiger partial charge < -0.3 is 0 Å². The topological polar surface area (TPSA) is 36.9 Å². The predicted molar refractivity (Wildman–Crippen MR) is 46.3 cm³/mol. The second-order valence-electron chi connectivity index (χ2n) is 3.70. The molecule has 0 saturated carbocycles. The molecule has 1 aliphatic heterocycles. The molecule has 1 aliphatic rings. The fourth-order valence-electron chi connectivity index (χ4n) is 1.04. The lowest BCUT2D eigenvalue weighted by Gasteiger charge is -2.39. The van der Waals surface area contributed by atoms with Crippen molar-refractivity contribution in [3.05, 3.63) is 0 Å². The summed E-state index contributed by atoms with van der Waals surface area (Å²) in [6, 6.07) is 0. The molecule has 1 saturated heterocycles. The lowest BCUT2D eigenvalue weighted by atomic mass is 10.2. The highest BCUT2D eigenvalue weighted by molar-refractivity contribution is 4.63. The van der Waals surface area contributed by atoms with Gasteiger partial charge in [-0.25, -0.2) is 0 Å². The number of rotatable bonds is 3. The molecule has 0 radical (unpaired) electrons. The lowest BCUT2D eigenvalue weighted by Crippen LogP contribution is -2.47. The summed E-state index contributed by atoms with van der Waals surface area (Å²) in [5.74, 6) is -1.53. The summed E-state index contributed by atoms with van der Waals surface area (Å²) in [5.41, 5.74) is 0. The van der Waals surface area contributed by atoms with Crippen LogP contribution < -0.4 is 0 Å². The Morgan fingerprint density at radius 3 is 1.69 bits per heavy atom. The average Bonchev–Trinajstić information content (AvgIpc) is 2.12. The molecule has 78 valence electrons. The molecule has 0 amide bonds. The predicted octanol–water partition coefficient (Wildman–Crippen LogP) is 2.54. The molecule has 0 bridgehead atoms. The minimum absolute atomic E-state index is 0.676. The third kappa shape index (κ3) is 2.64. The smallest absolute Gasteiger partial charge is 0.195 e. The molecule has 0 spiro atoms. The van der Waals surface area contributed by atoms with Gasteiger partial charge >= 0.3 is 0 Å². The second kappa shape index (κ2) is 3.92. The summed E-state index contributed by atoms with van der Waals surface area (Å²) in [6.07, 6.45) is 2.37. The van der Waals surface area contributed by atoms with Crippen LogP contribution in [0.5, 0.6) is 0 Å². The molecule has 1 fully saturated rings. The number of hydrogen-bond acceptors (Lipinski definition) is 4. The summed E-state index contributed by atoms with van der Waals surface area (Å²) < 4.78 is 0. The maximum absolute atomic E-state index is 5.17. The van der Waals surface area contributed by atoms with E-state index in [1.165, 1.54) is 0 Å². The quantitative estimate of drug-likeness (QED) is 0.641. The Morgan fingerprint density at radius 1 is 0.846 bits per heavy atom. The third-order valence-electron chi connectivity index (χ3n) is 2.13. The molecule has 0 unspecified atom stereocenters. The van der Waals surface area contributed by atoms with E-state index >= 15 is 0 Å². The normalized spacial score (nSPS) is 40.6. The van der Waals surface area contributed by atoms with Crippen molar-refractivity contribution >= 4 is 0 Å². The maximum Gasteiger partial charge on any atom is 0.231 e. The Labute approximate surface area is 79.0 Å². The molecule has 4 heteroatoms. The Hall–Kier alpha value is -0.160. The summed E-state index contributed by atoms with van der Waals surface area (Å²) in [5, 5.41) is 0. The minimum Gasteiger partial charge on any atom is -0.195 e. The maximum atomic E-state index is 5.17. The second-order valence-corrected chi connectivity index (χ2v) is 3.70. The van der Waals surface area contributed by atoms with Gasteiger partial charge in [-0.2, -0.15) is 19.6 Å². The zero-order valence-electron chi connectivity index (χ0n) is 8.75. The Bertz CT molecular complexity index is 161. The zero-order valence-corrected chi connectivity index (χ0v) is 8.75. The van der Waals surface area contributed by atoms with E-state index in [1.54, 1.807) is 13.8 Å². The van der Waals surface area contributed by atoms with E-state index in [2.05, 4.69) is 0 Å². The molecule has 13 heavy (non-hydrogen) atoms. The molecule has 1 rings (SSSR count). The fraction of sp³-hybridized carbons (Fsp3) is 1.00. The molecule has 0 aromatic heterocycles. The lowest BCUT2D eigenvalue weighted by molar-refractivity contribution is -0.651. The molecule has 0 atom stereocenters. The Kier molecular flexibility index (Phi) is 3.29. The van der Waals surface area contributed by atoms with Gasteiger partial charge in [-0.3, -0.25) is 0 Å². The van der Waals surface area contributed by atoms with Gasteiger partial charge in [0.25, 0.3) is 0 Å². The van der Waals surface area contributed by atoms with E-state index in [4.69, 9.17) is 19.6 Å². The molecule has 0 aromatic carbocycles. The van der Waals surface area contributed by atoms with Crippen molar-refractivity contribution in [3.63, 3.8) is 0 Å². The Balaban J connectivity index is 2.46. The van der Waals surface area contributed by atoms with Crippen LogP contribution in [0, 0.1) is 0 Å². The van der Waals surface area contributed by atoms with Crippen LogP contribution in [0.25, 0.3) is 0 Å². The first-order chi connectivity index (χ1) is 6.04. The fourth-order valence-corrected chi connectivity index (χ4v) is 1.04. The number of hydrogen-bond donors (Lipinski definition) is 0. The molecule has 0 aliphatic carbocycles. The third-order valence-corrected chi connectivity index (χ3v) is 2.13. The van der Waals surface area contributed by atoms with E-state index in [0.717, 1.165) is 12.8 Å². The van der Waals surface area contributed by atoms with Gasteiger partial charge in [0.05, 0.1) is 0 Å². The van der Waals surface area contributed by atoms with E-state index in [-0.39, 0.29) is 0 Å². The van der Waals surface area contributed by atoms with Crippen LogP contribution in [-0.4, -0.2) is 11.6 Å². The largest absolute Gasteiger partial charge is 0.231 e. The van der Waals surface area contributed by atoms with Gasteiger partial charge in [-0.05, 0) is 13.8 Å². The van der Waals surface area contributed by atoms with Crippen molar-refractivity contribution in [3.8, 4) is 0 Å². The monoisotopic (exact) mass is 190 g/mol. The van der Waals surface area contributed by atoms with Gasteiger partial charge in [0, 0.05) is 12.8 Å². The summed E-state index contributed by atoms with van der Waals surface area (Å²) in [7, 11) is 0. The summed E-state index contributed by atoms with van der Waals surface area (Å²) >= 11 is 0. The van der Waals surface area contributed by atoms with Crippen molar-refractivity contribution in [2.75, 3.05) is 0 Å². The van der Waals surface area contributed by atoms with Crippen LogP contribution in [0.3, 0.4) is 0 Å². The van der Waals surface area contributed by atoms with Crippen LogP contribution in [0.4, 0.5) is 0 Å². The van der Waals surface area contributed by atoms with Crippen LogP contribution in [0.2, 0.25) is 0 Å². The minimum atomic E-state index is -0.771. The van der Waals surface area contributed by atoms with Crippen LogP contribution in [0.15, 0.2) is 0 Å². The van der Waals surface area contributed by atoms with Crippen LogP contribution in [-0.2, 0) is 19.6 Å². The standard InChI is InChI=1S/C9H18O4/c1-5-7-9(4)12-10-8(3,6-2)11-13-9/h5-7H2,1-4H3. The van der Waals surface area contributed by atoms with Gasteiger partial charge in [-0.15, -0.1) is 0 Å². The summed E-state index contributed by atoms with van der Waals surface area (Å²) in [6.45, 7) is 7.56. The van der Waals surface area contributed by atoms with Crippen molar-refractivity contribution in [1.29, 1.82) is 0 Å². The van der Waals surface area contributed by atoms with E-state index in [9.17, 15) is 0 Å². The molecule has 0 aromatic rings. The highest BCUT2D eigenvalue weighted by Crippen LogP contribution is 2.32. The van der Waals surface area contributed by atoms with Gasteiger partial charge in [0.2, 0.25) is 11.6 Å². The molecular weight excluding hydrogens is 172 g/mol. The van der Waals surface area contributed by atoms with Crippen LogP contribution >= 0.6 is 0 Å². The van der Waals surface area contributed by atoms with Crippen molar-refractivity contribution < 1.29 is 19.6 Å². The molecule has 0 N–H and O–H groups in total. The molecular formula is C9H18O4. The average molecular weight is 190 g/mol. The van der Waals surface area contributed by atoms with E-state index in [0.29, 0.717) is 6.42 Å². The first kappa shape index (κ1) is 10.9. The van der Waals surface area contributed by atoms with E-state index < -0.39 is 11.6 Å². The van der Waals surface area contributed by atoms with Crippen molar-refractivity contribution in [1.82, 2.24) is 0 Å². The first-order valence-corrected chi connectivity index (χ1v) is 4.77. The van der Waals surface area contributed by atoms with Gasteiger partial charge in [-0.1, -0.05) is 20.3 Å². The Morgan fingerprint density at radius 2 is 1.31 bits per heavy atom. The SMILES string of the molecule is CCCC1(C)OOC(C)(CC)OO1. The van der Waals surface area contributed by atoms with E-state index in [1.807, 2.05) is 13.8 Å². The highest BCUT2D eigenvalue weighted by atomic mass is 17.4. The van der Waals surface area contributed by atoms with Crippen molar-refractivity contribution in [2.45, 2.75) is 58.5 Å². The van der Waals surface area contributed by atoms with Crippen molar-refractivity contribution in [2.24, 2.45) is 0 Å². The van der Waals surface area contributed by atoms with Crippen LogP contribution in [0.1, 0.15) is 47.0 Å². The van der Waals surface area contributed by atoms with Gasteiger partial charge in [0.15, 0.2) is 0 Å².